The van der Waals surface area contributed by atoms with Gasteiger partial charge in [0.15, 0.2) is 0 Å². The summed E-state index contributed by atoms with van der Waals surface area (Å²) in [5.74, 6) is 0.582. The molecular weight excluding hydrogens is 254 g/mol. The van der Waals surface area contributed by atoms with E-state index in [9.17, 15) is 4.79 Å². The lowest BCUT2D eigenvalue weighted by Crippen LogP contribution is -2.25. The van der Waals surface area contributed by atoms with Gasteiger partial charge in [0.25, 0.3) is 5.91 Å². The lowest BCUT2D eigenvalue weighted by molar-refractivity contribution is 0.0947. The second kappa shape index (κ2) is 4.77. The highest BCUT2D eigenvalue weighted by Gasteiger charge is 2.23. The number of carbonyl (C=O) groups is 1. The first-order chi connectivity index (χ1) is 9.56. The zero-order valence-electron chi connectivity index (χ0n) is 12.0. The predicted octanol–water partition coefficient (Wildman–Crippen LogP) is 1.57. The molecule has 1 saturated carbocycles. The molecule has 2 N–H and O–H groups in total. The predicted molar refractivity (Wildman–Crippen MR) is 75.3 cm³/mol. The molecule has 3 rings (SSSR count). The topological polar surface area (TPSA) is 75.6 Å². The molecule has 0 unspecified atom stereocenters. The van der Waals surface area contributed by atoms with Crippen molar-refractivity contribution in [1.82, 2.24) is 25.3 Å². The maximum atomic E-state index is 12.0. The van der Waals surface area contributed by atoms with Crippen molar-refractivity contribution >= 4 is 5.91 Å². The molecule has 2 aromatic rings. The lowest BCUT2D eigenvalue weighted by atomic mass is 10.1. The third kappa shape index (κ3) is 2.33. The van der Waals surface area contributed by atoms with E-state index in [0.29, 0.717) is 11.6 Å². The van der Waals surface area contributed by atoms with Gasteiger partial charge in [-0.15, -0.1) is 0 Å². The van der Waals surface area contributed by atoms with Gasteiger partial charge in [0.2, 0.25) is 0 Å². The van der Waals surface area contributed by atoms with Crippen molar-refractivity contribution in [3.05, 3.63) is 23.1 Å². The smallest absolute Gasteiger partial charge is 0.269 e. The number of aromatic amines is 1. The molecule has 20 heavy (non-hydrogen) atoms. The van der Waals surface area contributed by atoms with Gasteiger partial charge in [-0.25, -0.2) is 0 Å². The highest BCUT2D eigenvalue weighted by atomic mass is 16.1. The summed E-state index contributed by atoms with van der Waals surface area (Å²) >= 11 is 0. The fourth-order valence-corrected chi connectivity index (χ4v) is 2.36. The van der Waals surface area contributed by atoms with Crippen LogP contribution in [-0.4, -0.2) is 32.4 Å². The van der Waals surface area contributed by atoms with Crippen molar-refractivity contribution in [2.45, 2.75) is 26.7 Å². The van der Waals surface area contributed by atoms with E-state index in [4.69, 9.17) is 0 Å². The molecule has 1 fully saturated rings. The Bertz CT molecular complexity index is 651. The van der Waals surface area contributed by atoms with Crippen molar-refractivity contribution in [3.8, 4) is 11.3 Å². The van der Waals surface area contributed by atoms with Gasteiger partial charge in [-0.2, -0.15) is 10.2 Å². The average Bonchev–Trinajstić information content (AvgIpc) is 3.06. The standard InChI is InChI=1S/C14H19N5O/c1-8-13(9(2)19(3)18-8)11-6-12(17-16-11)14(20)15-7-10-4-5-10/h6,10H,4-5,7H2,1-3H3,(H,15,20)(H,16,17). The van der Waals surface area contributed by atoms with Gasteiger partial charge in [-0.3, -0.25) is 14.6 Å². The first-order valence-corrected chi connectivity index (χ1v) is 6.90. The Balaban J connectivity index is 1.80. The number of aromatic nitrogens is 4. The second-order valence-corrected chi connectivity index (χ2v) is 5.49. The fourth-order valence-electron chi connectivity index (χ4n) is 2.36. The van der Waals surface area contributed by atoms with Crippen LogP contribution >= 0.6 is 0 Å². The highest BCUT2D eigenvalue weighted by molar-refractivity contribution is 5.93. The van der Waals surface area contributed by atoms with E-state index in [1.807, 2.05) is 25.6 Å². The molecule has 0 bridgehead atoms. The number of rotatable bonds is 4. The fraction of sp³-hybridized carbons (Fsp3) is 0.500. The number of nitrogens with zero attached hydrogens (tertiary/aromatic N) is 3. The summed E-state index contributed by atoms with van der Waals surface area (Å²) < 4.78 is 1.83. The monoisotopic (exact) mass is 273 g/mol. The van der Waals surface area contributed by atoms with Crippen LogP contribution in [0.5, 0.6) is 0 Å². The lowest BCUT2D eigenvalue weighted by Gasteiger charge is -2.00. The minimum atomic E-state index is -0.0881. The minimum Gasteiger partial charge on any atom is -0.350 e. The van der Waals surface area contributed by atoms with Crippen molar-refractivity contribution < 1.29 is 4.79 Å². The maximum Gasteiger partial charge on any atom is 0.269 e. The van der Waals surface area contributed by atoms with Gasteiger partial charge < -0.3 is 5.32 Å². The molecule has 1 aliphatic carbocycles. The van der Waals surface area contributed by atoms with Crippen LogP contribution in [0.3, 0.4) is 0 Å². The number of aryl methyl sites for hydroxylation is 2. The molecule has 1 amide bonds. The second-order valence-electron chi connectivity index (χ2n) is 5.49. The van der Waals surface area contributed by atoms with Crippen LogP contribution in [-0.2, 0) is 7.05 Å². The molecule has 0 radical (unpaired) electrons. The number of H-pyrrole nitrogens is 1. The van der Waals surface area contributed by atoms with E-state index in [2.05, 4.69) is 20.6 Å². The Labute approximate surface area is 117 Å². The van der Waals surface area contributed by atoms with Crippen LogP contribution in [0.1, 0.15) is 34.7 Å². The highest BCUT2D eigenvalue weighted by Crippen LogP contribution is 2.28. The molecule has 2 aromatic heterocycles. The molecule has 6 nitrogen and oxygen atoms in total. The van der Waals surface area contributed by atoms with Gasteiger partial charge >= 0.3 is 0 Å². The molecule has 6 heteroatoms. The van der Waals surface area contributed by atoms with E-state index in [1.54, 1.807) is 6.07 Å². The number of amides is 1. The normalized spacial score (nSPS) is 14.6. The Morgan fingerprint density at radius 2 is 2.25 bits per heavy atom. The first kappa shape index (κ1) is 12.9. The van der Waals surface area contributed by atoms with Crippen molar-refractivity contribution in [2.75, 3.05) is 6.54 Å². The molecule has 0 spiro atoms. The van der Waals surface area contributed by atoms with E-state index >= 15 is 0 Å². The first-order valence-electron chi connectivity index (χ1n) is 6.90. The number of hydrogen-bond acceptors (Lipinski definition) is 3. The summed E-state index contributed by atoms with van der Waals surface area (Å²) in [6, 6.07) is 1.79. The maximum absolute atomic E-state index is 12.0. The van der Waals surface area contributed by atoms with Crippen molar-refractivity contribution in [1.29, 1.82) is 0 Å². The van der Waals surface area contributed by atoms with Crippen molar-refractivity contribution in [3.63, 3.8) is 0 Å². The van der Waals surface area contributed by atoms with E-state index in [1.165, 1.54) is 12.8 Å². The zero-order chi connectivity index (χ0) is 14.3. The number of nitrogens with one attached hydrogen (secondary N) is 2. The Morgan fingerprint density at radius 1 is 1.50 bits per heavy atom. The molecule has 106 valence electrons. The van der Waals surface area contributed by atoms with Gasteiger partial charge in [0, 0.05) is 24.8 Å². The number of carbonyl (C=O) groups excluding carboxylic acids is 1. The van der Waals surface area contributed by atoms with E-state index in [0.717, 1.165) is 29.2 Å². The molecule has 0 aromatic carbocycles. The summed E-state index contributed by atoms with van der Waals surface area (Å²) in [6.07, 6.45) is 2.45. The van der Waals surface area contributed by atoms with Crippen LogP contribution in [0, 0.1) is 19.8 Å². The van der Waals surface area contributed by atoms with Gasteiger partial charge in [-0.05, 0) is 38.7 Å². The summed E-state index contributed by atoms with van der Waals surface area (Å²) in [7, 11) is 1.90. The van der Waals surface area contributed by atoms with Crippen LogP contribution in [0.2, 0.25) is 0 Å². The molecule has 2 heterocycles. The largest absolute Gasteiger partial charge is 0.350 e. The average molecular weight is 273 g/mol. The Hall–Kier alpha value is -2.11. The van der Waals surface area contributed by atoms with Crippen molar-refractivity contribution in [2.24, 2.45) is 13.0 Å². The van der Waals surface area contributed by atoms with Crippen LogP contribution in [0.15, 0.2) is 6.07 Å². The zero-order valence-corrected chi connectivity index (χ0v) is 12.0. The molecule has 0 atom stereocenters. The molecule has 0 saturated heterocycles. The van der Waals surface area contributed by atoms with E-state index in [-0.39, 0.29) is 5.91 Å². The molecule has 0 aliphatic heterocycles. The Kier molecular flexibility index (Phi) is 3.08. The SMILES string of the molecule is Cc1nn(C)c(C)c1-c1cc(C(=O)NCC2CC2)[nH]n1. The third-order valence-electron chi connectivity index (χ3n) is 3.84. The van der Waals surface area contributed by atoms with Gasteiger partial charge in [0.1, 0.15) is 5.69 Å². The van der Waals surface area contributed by atoms with Crippen LogP contribution in [0.4, 0.5) is 0 Å². The summed E-state index contributed by atoms with van der Waals surface area (Å²) in [4.78, 5) is 12.0. The molecule has 1 aliphatic rings. The van der Waals surface area contributed by atoms with E-state index < -0.39 is 0 Å². The minimum absolute atomic E-state index is 0.0881. The van der Waals surface area contributed by atoms with Crippen LogP contribution in [0.25, 0.3) is 11.3 Å². The van der Waals surface area contributed by atoms with Gasteiger partial charge in [-0.1, -0.05) is 0 Å². The number of hydrogen-bond donors (Lipinski definition) is 2. The van der Waals surface area contributed by atoms with Crippen LogP contribution < -0.4 is 5.32 Å². The molecular formula is C14H19N5O. The summed E-state index contributed by atoms with van der Waals surface area (Å²) in [5, 5.41) is 14.4. The van der Waals surface area contributed by atoms with Gasteiger partial charge in [0.05, 0.1) is 11.4 Å². The quantitative estimate of drug-likeness (QED) is 0.887. The summed E-state index contributed by atoms with van der Waals surface area (Å²) in [6.45, 7) is 4.71. The summed E-state index contributed by atoms with van der Waals surface area (Å²) in [5.41, 5.74) is 4.22. The Morgan fingerprint density at radius 3 is 2.85 bits per heavy atom. The third-order valence-corrected chi connectivity index (χ3v) is 3.84.